The lowest BCUT2D eigenvalue weighted by Crippen LogP contribution is -2.38. The van der Waals surface area contributed by atoms with E-state index >= 15 is 0 Å². The number of hydrogen-bond donors (Lipinski definition) is 2. The summed E-state index contributed by atoms with van der Waals surface area (Å²) in [5.41, 5.74) is 0.740. The highest BCUT2D eigenvalue weighted by molar-refractivity contribution is 7.19. The van der Waals surface area contributed by atoms with Crippen LogP contribution in [0.15, 0.2) is 48.5 Å². The van der Waals surface area contributed by atoms with Crippen molar-refractivity contribution in [2.45, 2.75) is 33.0 Å². The summed E-state index contributed by atoms with van der Waals surface area (Å²) >= 11 is 1.57. The predicted octanol–water partition coefficient (Wildman–Crippen LogP) is 4.29. The van der Waals surface area contributed by atoms with Crippen molar-refractivity contribution in [3.8, 4) is 5.75 Å². The number of aryl methyl sites for hydroxylation is 1. The van der Waals surface area contributed by atoms with Crippen molar-refractivity contribution in [1.29, 1.82) is 0 Å². The zero-order chi connectivity index (χ0) is 18.7. The summed E-state index contributed by atoms with van der Waals surface area (Å²) in [7, 11) is 0. The summed E-state index contributed by atoms with van der Waals surface area (Å²) in [6.45, 7) is 5.90. The molecule has 5 heteroatoms. The minimum absolute atomic E-state index is 0.188. The van der Waals surface area contributed by atoms with Crippen LogP contribution in [0.2, 0.25) is 0 Å². The van der Waals surface area contributed by atoms with Gasteiger partial charge in [-0.2, -0.15) is 0 Å². The molecule has 4 nitrogen and oxygen atoms in total. The number of carbonyl (C=O) groups excluding carboxylic acids is 1. The molecule has 0 saturated carbocycles. The lowest BCUT2D eigenvalue weighted by molar-refractivity contribution is 0.0695. The number of aliphatic hydroxyl groups is 1. The molecule has 0 aliphatic carbocycles. The third-order valence-corrected chi connectivity index (χ3v) is 5.07. The van der Waals surface area contributed by atoms with E-state index in [1.165, 1.54) is 0 Å². The second kappa shape index (κ2) is 7.48. The maximum atomic E-state index is 12.7. The SMILES string of the molecule is Cc1sc2cccc(OCc3ccccc3)c2c1C(=O)NCC(C)(C)O. The van der Waals surface area contributed by atoms with Crippen molar-refractivity contribution >= 4 is 27.3 Å². The van der Waals surface area contributed by atoms with Crippen molar-refractivity contribution in [1.82, 2.24) is 5.32 Å². The maximum absolute atomic E-state index is 12.7. The van der Waals surface area contributed by atoms with E-state index in [-0.39, 0.29) is 12.5 Å². The Morgan fingerprint density at radius 2 is 1.88 bits per heavy atom. The minimum atomic E-state index is -0.956. The van der Waals surface area contributed by atoms with Gasteiger partial charge in [-0.1, -0.05) is 36.4 Å². The number of fused-ring (bicyclic) bond motifs is 1. The fourth-order valence-electron chi connectivity index (χ4n) is 2.75. The van der Waals surface area contributed by atoms with Crippen molar-refractivity contribution in [2.24, 2.45) is 0 Å². The van der Waals surface area contributed by atoms with E-state index in [1.54, 1.807) is 25.2 Å². The van der Waals surface area contributed by atoms with Crippen LogP contribution in [-0.2, 0) is 6.61 Å². The van der Waals surface area contributed by atoms with E-state index in [9.17, 15) is 9.90 Å². The summed E-state index contributed by atoms with van der Waals surface area (Å²) in [6.07, 6.45) is 0. The van der Waals surface area contributed by atoms with E-state index in [4.69, 9.17) is 4.74 Å². The lowest BCUT2D eigenvalue weighted by atomic mass is 10.1. The molecule has 26 heavy (non-hydrogen) atoms. The van der Waals surface area contributed by atoms with Gasteiger partial charge in [-0.05, 0) is 38.5 Å². The number of thiophene rings is 1. The number of amides is 1. The molecule has 0 atom stereocenters. The molecule has 0 aliphatic rings. The Balaban J connectivity index is 1.91. The van der Waals surface area contributed by atoms with Crippen LogP contribution in [0.3, 0.4) is 0 Å². The van der Waals surface area contributed by atoms with Gasteiger partial charge in [0.25, 0.3) is 5.91 Å². The molecule has 0 saturated heterocycles. The van der Waals surface area contributed by atoms with E-state index in [2.05, 4.69) is 5.32 Å². The van der Waals surface area contributed by atoms with Gasteiger partial charge < -0.3 is 15.2 Å². The average Bonchev–Trinajstić information content (AvgIpc) is 2.94. The van der Waals surface area contributed by atoms with Crippen molar-refractivity contribution < 1.29 is 14.6 Å². The fourth-order valence-corrected chi connectivity index (χ4v) is 3.83. The number of rotatable bonds is 6. The first-order chi connectivity index (χ1) is 12.3. The van der Waals surface area contributed by atoms with Crippen molar-refractivity contribution in [2.75, 3.05) is 6.54 Å². The van der Waals surface area contributed by atoms with Gasteiger partial charge >= 0.3 is 0 Å². The smallest absolute Gasteiger partial charge is 0.253 e. The Labute approximate surface area is 157 Å². The molecule has 1 heterocycles. The highest BCUT2D eigenvalue weighted by atomic mass is 32.1. The number of hydrogen-bond acceptors (Lipinski definition) is 4. The standard InChI is InChI=1S/C21H23NO3S/c1-14-18(20(23)22-13-21(2,3)24)19-16(10-7-11-17(19)26-14)25-12-15-8-5-4-6-9-15/h4-11,24H,12-13H2,1-3H3,(H,22,23). The van der Waals surface area contributed by atoms with Gasteiger partial charge in [0.1, 0.15) is 12.4 Å². The third-order valence-electron chi connectivity index (χ3n) is 4.00. The first-order valence-electron chi connectivity index (χ1n) is 8.54. The Morgan fingerprint density at radius 3 is 2.58 bits per heavy atom. The maximum Gasteiger partial charge on any atom is 0.253 e. The topological polar surface area (TPSA) is 58.6 Å². The molecule has 0 bridgehead atoms. The number of nitrogens with one attached hydrogen (secondary N) is 1. The molecule has 2 aromatic carbocycles. The number of benzene rings is 2. The summed E-state index contributed by atoms with van der Waals surface area (Å²) in [6, 6.07) is 15.8. The molecule has 0 unspecified atom stereocenters. The normalized spacial score (nSPS) is 11.5. The van der Waals surface area contributed by atoms with Gasteiger partial charge in [0.2, 0.25) is 0 Å². The van der Waals surface area contributed by atoms with Crippen molar-refractivity contribution in [3.63, 3.8) is 0 Å². The van der Waals surface area contributed by atoms with Crippen LogP contribution in [0.5, 0.6) is 5.75 Å². The Bertz CT molecular complexity index is 910. The Hall–Kier alpha value is -2.37. The van der Waals surface area contributed by atoms with Crippen LogP contribution in [0, 0.1) is 6.92 Å². The summed E-state index contributed by atoms with van der Waals surface area (Å²) < 4.78 is 7.05. The molecular weight excluding hydrogens is 346 g/mol. The molecule has 1 aromatic heterocycles. The van der Waals surface area contributed by atoms with Gasteiger partial charge in [0, 0.05) is 21.5 Å². The molecule has 1 amide bonds. The summed E-state index contributed by atoms with van der Waals surface area (Å²) in [4.78, 5) is 13.7. The van der Waals surface area contributed by atoms with E-state index in [0.717, 1.165) is 20.5 Å². The number of carbonyl (C=O) groups is 1. The van der Waals surface area contributed by atoms with E-state index in [1.807, 2.05) is 55.5 Å². The summed E-state index contributed by atoms with van der Waals surface area (Å²) in [5, 5.41) is 13.5. The van der Waals surface area contributed by atoms with Crippen LogP contribution in [0.4, 0.5) is 0 Å². The first kappa shape index (κ1) is 18.4. The van der Waals surface area contributed by atoms with Crippen LogP contribution < -0.4 is 10.1 Å². The van der Waals surface area contributed by atoms with E-state index < -0.39 is 5.60 Å². The molecule has 2 N–H and O–H groups in total. The van der Waals surface area contributed by atoms with Gasteiger partial charge in [-0.25, -0.2) is 0 Å². The monoisotopic (exact) mass is 369 g/mol. The highest BCUT2D eigenvalue weighted by Crippen LogP contribution is 2.37. The van der Waals surface area contributed by atoms with Crippen LogP contribution in [0.25, 0.3) is 10.1 Å². The van der Waals surface area contributed by atoms with Gasteiger partial charge in [-0.3, -0.25) is 4.79 Å². The van der Waals surface area contributed by atoms with Gasteiger partial charge in [-0.15, -0.1) is 11.3 Å². The molecule has 3 rings (SSSR count). The molecule has 0 aliphatic heterocycles. The second-order valence-electron chi connectivity index (χ2n) is 6.93. The molecule has 0 fully saturated rings. The largest absolute Gasteiger partial charge is 0.488 e. The third kappa shape index (κ3) is 4.23. The molecule has 136 valence electrons. The highest BCUT2D eigenvalue weighted by Gasteiger charge is 2.22. The molecule has 0 spiro atoms. The first-order valence-corrected chi connectivity index (χ1v) is 9.36. The second-order valence-corrected chi connectivity index (χ2v) is 8.19. The molecular formula is C21H23NO3S. The van der Waals surface area contributed by atoms with Crippen molar-refractivity contribution in [3.05, 3.63) is 64.5 Å². The summed E-state index contributed by atoms with van der Waals surface area (Å²) in [5.74, 6) is 0.510. The molecule has 3 aromatic rings. The Kier molecular flexibility index (Phi) is 5.30. The van der Waals surface area contributed by atoms with E-state index in [0.29, 0.717) is 17.9 Å². The average molecular weight is 369 g/mol. The zero-order valence-corrected chi connectivity index (χ0v) is 16.0. The fraction of sp³-hybridized carbons (Fsp3) is 0.286. The van der Waals surface area contributed by atoms with Crippen LogP contribution in [0.1, 0.15) is 34.6 Å². The quantitative estimate of drug-likeness (QED) is 0.681. The minimum Gasteiger partial charge on any atom is -0.488 e. The predicted molar refractivity (Wildman–Crippen MR) is 106 cm³/mol. The Morgan fingerprint density at radius 1 is 1.15 bits per heavy atom. The van der Waals surface area contributed by atoms with Crippen LogP contribution >= 0.6 is 11.3 Å². The lowest BCUT2D eigenvalue weighted by Gasteiger charge is -2.18. The zero-order valence-electron chi connectivity index (χ0n) is 15.2. The number of ether oxygens (including phenoxy) is 1. The molecule has 0 radical (unpaired) electrons. The van der Waals surface area contributed by atoms with Crippen LogP contribution in [-0.4, -0.2) is 23.2 Å². The van der Waals surface area contributed by atoms with Gasteiger partial charge in [0.05, 0.1) is 11.2 Å². The van der Waals surface area contributed by atoms with Gasteiger partial charge in [0.15, 0.2) is 0 Å².